The molecule has 0 aromatic heterocycles. The smallest absolute Gasteiger partial charge is 0.0412 e. The van der Waals surface area contributed by atoms with Gasteiger partial charge in [0.25, 0.3) is 0 Å². The summed E-state index contributed by atoms with van der Waals surface area (Å²) in [5.41, 5.74) is 2.35. The molecular formula is C12H15Cl. The third kappa shape index (κ3) is 2.60. The molecule has 0 bridgehead atoms. The van der Waals surface area contributed by atoms with Crippen molar-refractivity contribution in [2.45, 2.75) is 20.8 Å². The molecule has 0 unspecified atom stereocenters. The third-order valence-corrected chi connectivity index (χ3v) is 2.31. The highest BCUT2D eigenvalue weighted by Gasteiger charge is 2.16. The minimum Gasteiger partial charge on any atom is -0.0947 e. The highest BCUT2D eigenvalue weighted by Crippen LogP contribution is 2.32. The van der Waals surface area contributed by atoms with E-state index in [0.717, 1.165) is 16.2 Å². The molecule has 0 saturated heterocycles. The molecule has 1 aromatic rings. The SMILES string of the molecule is C=C(c1cccc(Cl)c1)C(C)(C)C. The van der Waals surface area contributed by atoms with E-state index in [1.54, 1.807) is 0 Å². The van der Waals surface area contributed by atoms with Gasteiger partial charge in [-0.15, -0.1) is 0 Å². The van der Waals surface area contributed by atoms with E-state index in [9.17, 15) is 0 Å². The summed E-state index contributed by atoms with van der Waals surface area (Å²) in [7, 11) is 0. The number of hydrogen-bond donors (Lipinski definition) is 0. The molecule has 0 aliphatic rings. The van der Waals surface area contributed by atoms with Gasteiger partial charge in [0.15, 0.2) is 0 Å². The van der Waals surface area contributed by atoms with E-state index in [0.29, 0.717) is 0 Å². The third-order valence-electron chi connectivity index (χ3n) is 2.08. The summed E-state index contributed by atoms with van der Waals surface area (Å²) < 4.78 is 0. The minimum atomic E-state index is 0.102. The highest BCUT2D eigenvalue weighted by atomic mass is 35.5. The van der Waals surface area contributed by atoms with E-state index in [-0.39, 0.29) is 5.41 Å². The fourth-order valence-electron chi connectivity index (χ4n) is 1.11. The number of halogens is 1. The molecule has 0 aliphatic heterocycles. The first-order valence-corrected chi connectivity index (χ1v) is 4.74. The maximum Gasteiger partial charge on any atom is 0.0412 e. The lowest BCUT2D eigenvalue weighted by Crippen LogP contribution is -2.06. The van der Waals surface area contributed by atoms with Crippen LogP contribution in [-0.4, -0.2) is 0 Å². The van der Waals surface area contributed by atoms with Gasteiger partial charge in [0.1, 0.15) is 0 Å². The van der Waals surface area contributed by atoms with Crippen LogP contribution in [0.1, 0.15) is 26.3 Å². The van der Waals surface area contributed by atoms with Crippen molar-refractivity contribution >= 4 is 17.2 Å². The molecule has 1 aromatic carbocycles. The normalized spacial score (nSPS) is 11.4. The predicted molar refractivity (Wildman–Crippen MR) is 59.9 cm³/mol. The van der Waals surface area contributed by atoms with Crippen LogP contribution in [0.25, 0.3) is 5.57 Å². The Kier molecular flexibility index (Phi) is 2.82. The second-order valence-electron chi connectivity index (χ2n) is 4.24. The van der Waals surface area contributed by atoms with Crippen molar-refractivity contribution in [1.82, 2.24) is 0 Å². The van der Waals surface area contributed by atoms with Crippen LogP contribution in [-0.2, 0) is 0 Å². The second-order valence-corrected chi connectivity index (χ2v) is 4.68. The van der Waals surface area contributed by atoms with Gasteiger partial charge in [0.2, 0.25) is 0 Å². The van der Waals surface area contributed by atoms with E-state index < -0.39 is 0 Å². The maximum atomic E-state index is 5.90. The standard InChI is InChI=1S/C12H15Cl/c1-9(12(2,3)4)10-6-5-7-11(13)8-10/h5-8H,1H2,2-4H3. The Balaban J connectivity index is 3.03. The molecule has 0 atom stereocenters. The Morgan fingerprint density at radius 1 is 1.31 bits per heavy atom. The molecule has 0 spiro atoms. The Labute approximate surface area is 85.2 Å². The van der Waals surface area contributed by atoms with Crippen molar-refractivity contribution in [2.24, 2.45) is 5.41 Å². The van der Waals surface area contributed by atoms with Gasteiger partial charge in [0, 0.05) is 5.02 Å². The first-order chi connectivity index (χ1) is 5.91. The number of hydrogen-bond acceptors (Lipinski definition) is 0. The summed E-state index contributed by atoms with van der Waals surface area (Å²) in [5, 5.41) is 0.767. The molecule has 0 nitrogen and oxygen atoms in total. The van der Waals surface area contributed by atoms with Gasteiger partial charge in [-0.1, -0.05) is 51.1 Å². The first-order valence-electron chi connectivity index (χ1n) is 4.36. The molecule has 1 rings (SSSR count). The molecule has 0 N–H and O–H groups in total. The van der Waals surface area contributed by atoms with Crippen LogP contribution < -0.4 is 0 Å². The largest absolute Gasteiger partial charge is 0.0947 e. The molecule has 0 fully saturated rings. The summed E-state index contributed by atoms with van der Waals surface area (Å²) in [5.74, 6) is 0. The zero-order valence-corrected chi connectivity index (χ0v) is 9.15. The number of benzene rings is 1. The van der Waals surface area contributed by atoms with Crippen LogP contribution >= 0.6 is 11.6 Å². The van der Waals surface area contributed by atoms with Gasteiger partial charge in [-0.05, 0) is 28.7 Å². The Morgan fingerprint density at radius 3 is 2.38 bits per heavy atom. The monoisotopic (exact) mass is 194 g/mol. The summed E-state index contributed by atoms with van der Waals surface area (Å²) >= 11 is 5.90. The zero-order valence-electron chi connectivity index (χ0n) is 8.39. The summed E-state index contributed by atoms with van der Waals surface area (Å²) in [6.45, 7) is 10.5. The Morgan fingerprint density at radius 2 is 1.92 bits per heavy atom. The van der Waals surface area contributed by atoms with Gasteiger partial charge in [-0.2, -0.15) is 0 Å². The van der Waals surface area contributed by atoms with Gasteiger partial charge >= 0.3 is 0 Å². The summed E-state index contributed by atoms with van der Waals surface area (Å²) in [4.78, 5) is 0. The molecule has 70 valence electrons. The van der Waals surface area contributed by atoms with E-state index >= 15 is 0 Å². The lowest BCUT2D eigenvalue weighted by molar-refractivity contribution is 0.568. The van der Waals surface area contributed by atoms with Crippen molar-refractivity contribution in [3.05, 3.63) is 41.4 Å². The van der Waals surface area contributed by atoms with Gasteiger partial charge in [-0.3, -0.25) is 0 Å². The zero-order chi connectivity index (χ0) is 10.1. The predicted octanol–water partition coefficient (Wildman–Crippen LogP) is 4.40. The quantitative estimate of drug-likeness (QED) is 0.622. The van der Waals surface area contributed by atoms with Crippen LogP contribution in [0, 0.1) is 5.41 Å². The van der Waals surface area contributed by atoms with Crippen LogP contribution in [0.3, 0.4) is 0 Å². The van der Waals surface area contributed by atoms with Crippen LogP contribution in [0.15, 0.2) is 30.8 Å². The lowest BCUT2D eigenvalue weighted by atomic mass is 9.83. The van der Waals surface area contributed by atoms with E-state index in [1.807, 2.05) is 24.3 Å². The summed E-state index contributed by atoms with van der Waals surface area (Å²) in [6, 6.07) is 7.82. The first kappa shape index (κ1) is 10.3. The molecule has 0 amide bonds. The van der Waals surface area contributed by atoms with Crippen molar-refractivity contribution in [1.29, 1.82) is 0 Å². The number of rotatable bonds is 1. The fourth-order valence-corrected chi connectivity index (χ4v) is 1.30. The van der Waals surface area contributed by atoms with E-state index in [2.05, 4.69) is 27.4 Å². The topological polar surface area (TPSA) is 0 Å². The van der Waals surface area contributed by atoms with Crippen LogP contribution in [0.5, 0.6) is 0 Å². The van der Waals surface area contributed by atoms with Gasteiger partial charge in [-0.25, -0.2) is 0 Å². The average molecular weight is 195 g/mol. The van der Waals surface area contributed by atoms with E-state index in [4.69, 9.17) is 11.6 Å². The molecular weight excluding hydrogens is 180 g/mol. The Hall–Kier alpha value is -0.750. The molecule has 0 aliphatic carbocycles. The van der Waals surface area contributed by atoms with Gasteiger partial charge in [0.05, 0.1) is 0 Å². The average Bonchev–Trinajstić information content (AvgIpc) is 2.01. The highest BCUT2D eigenvalue weighted by molar-refractivity contribution is 6.30. The number of allylic oxidation sites excluding steroid dienone is 1. The van der Waals surface area contributed by atoms with Crippen LogP contribution in [0.2, 0.25) is 5.02 Å². The summed E-state index contributed by atoms with van der Waals surface area (Å²) in [6.07, 6.45) is 0. The maximum absolute atomic E-state index is 5.90. The van der Waals surface area contributed by atoms with Crippen molar-refractivity contribution < 1.29 is 0 Å². The lowest BCUT2D eigenvalue weighted by Gasteiger charge is -2.22. The van der Waals surface area contributed by atoms with Gasteiger partial charge < -0.3 is 0 Å². The van der Waals surface area contributed by atoms with Crippen molar-refractivity contribution in [2.75, 3.05) is 0 Å². The molecule has 1 heteroatoms. The molecule has 0 heterocycles. The molecule has 0 radical (unpaired) electrons. The Bertz CT molecular complexity index is 318. The fraction of sp³-hybridized carbons (Fsp3) is 0.333. The second kappa shape index (κ2) is 3.55. The van der Waals surface area contributed by atoms with Crippen molar-refractivity contribution in [3.63, 3.8) is 0 Å². The van der Waals surface area contributed by atoms with Crippen LogP contribution in [0.4, 0.5) is 0 Å². The molecule has 0 saturated carbocycles. The minimum absolute atomic E-state index is 0.102. The van der Waals surface area contributed by atoms with Crippen molar-refractivity contribution in [3.8, 4) is 0 Å². The molecule has 13 heavy (non-hydrogen) atoms. The van der Waals surface area contributed by atoms with E-state index in [1.165, 1.54) is 0 Å².